The number of nitrogens with zero attached hydrogens (tertiary/aromatic N) is 1. The van der Waals surface area contributed by atoms with Gasteiger partial charge in [0.2, 0.25) is 0 Å². The predicted molar refractivity (Wildman–Crippen MR) is 56.1 cm³/mol. The number of hydrogen-bond donors (Lipinski definition) is 0. The van der Waals surface area contributed by atoms with Crippen molar-refractivity contribution in [3.05, 3.63) is 24.4 Å². The molecule has 0 aliphatic carbocycles. The number of allylic oxidation sites excluding steroid dienone is 3. The van der Waals surface area contributed by atoms with Crippen molar-refractivity contribution < 1.29 is 0 Å². The van der Waals surface area contributed by atoms with Gasteiger partial charge in [-0.1, -0.05) is 19.1 Å². The Kier molecular flexibility index (Phi) is 4.72. The Morgan fingerprint density at radius 3 is 2.17 bits per heavy atom. The van der Waals surface area contributed by atoms with Gasteiger partial charge in [-0.15, -0.1) is 0 Å². The van der Waals surface area contributed by atoms with Crippen molar-refractivity contribution in [1.82, 2.24) is 4.90 Å². The van der Waals surface area contributed by atoms with Crippen LogP contribution in [0.2, 0.25) is 0 Å². The van der Waals surface area contributed by atoms with Gasteiger partial charge in [0, 0.05) is 12.6 Å². The summed E-state index contributed by atoms with van der Waals surface area (Å²) < 4.78 is 0. The second-order valence-corrected chi connectivity index (χ2v) is 3.96. The van der Waals surface area contributed by atoms with Crippen LogP contribution in [0.5, 0.6) is 0 Å². The summed E-state index contributed by atoms with van der Waals surface area (Å²) in [6.45, 7) is 8.72. The molecule has 0 rings (SSSR count). The molecule has 0 aliphatic rings. The maximum atomic E-state index is 2.20. The van der Waals surface area contributed by atoms with Gasteiger partial charge in [0.25, 0.3) is 0 Å². The molecular formula is C11H21N. The Labute approximate surface area is 76.8 Å². The summed E-state index contributed by atoms with van der Waals surface area (Å²) in [5.41, 5.74) is 0.219. The van der Waals surface area contributed by atoms with Crippen LogP contribution in [0.1, 0.15) is 34.1 Å². The average molecular weight is 167 g/mol. The highest BCUT2D eigenvalue weighted by Crippen LogP contribution is 2.10. The highest BCUT2D eigenvalue weighted by molar-refractivity contribution is 5.02. The van der Waals surface area contributed by atoms with Crippen molar-refractivity contribution >= 4 is 0 Å². The monoisotopic (exact) mass is 167 g/mol. The highest BCUT2D eigenvalue weighted by Gasteiger charge is 2.11. The van der Waals surface area contributed by atoms with Gasteiger partial charge >= 0.3 is 0 Å². The molecule has 0 amide bonds. The fourth-order valence-electron chi connectivity index (χ4n) is 0.617. The molecule has 0 bridgehead atoms. The van der Waals surface area contributed by atoms with E-state index in [-0.39, 0.29) is 5.54 Å². The van der Waals surface area contributed by atoms with E-state index in [1.807, 2.05) is 0 Å². The lowest BCUT2D eigenvalue weighted by Crippen LogP contribution is -2.33. The van der Waals surface area contributed by atoms with Gasteiger partial charge in [-0.05, 0) is 39.5 Å². The zero-order valence-electron chi connectivity index (χ0n) is 8.96. The third-order valence-electron chi connectivity index (χ3n) is 1.85. The van der Waals surface area contributed by atoms with Crippen LogP contribution < -0.4 is 0 Å². The first kappa shape index (κ1) is 11.3. The number of hydrogen-bond acceptors (Lipinski definition) is 1. The third-order valence-corrected chi connectivity index (χ3v) is 1.85. The first-order valence-electron chi connectivity index (χ1n) is 4.54. The first-order chi connectivity index (χ1) is 5.48. The molecule has 0 aromatic carbocycles. The Hall–Kier alpha value is -0.720. The smallest absolute Gasteiger partial charge is 0.0309 e. The van der Waals surface area contributed by atoms with Gasteiger partial charge in [-0.2, -0.15) is 0 Å². The van der Waals surface area contributed by atoms with E-state index in [1.54, 1.807) is 0 Å². The SMILES string of the molecule is CC/C=C/C=C\N(C)C(C)(C)C. The third kappa shape index (κ3) is 5.00. The van der Waals surface area contributed by atoms with E-state index in [2.05, 4.69) is 64.1 Å². The summed E-state index contributed by atoms with van der Waals surface area (Å²) in [4.78, 5) is 2.20. The summed E-state index contributed by atoms with van der Waals surface area (Å²) in [7, 11) is 2.09. The van der Waals surface area contributed by atoms with Crippen molar-refractivity contribution in [2.75, 3.05) is 7.05 Å². The minimum atomic E-state index is 0.219. The molecule has 0 radical (unpaired) electrons. The standard InChI is InChI=1S/C11H21N/c1-6-7-8-9-10-12(5)11(2,3)4/h7-10H,6H2,1-5H3/b8-7+,10-9-. The molecule has 0 spiro atoms. The average Bonchev–Trinajstić information content (AvgIpc) is 1.96. The van der Waals surface area contributed by atoms with Crippen LogP contribution >= 0.6 is 0 Å². The van der Waals surface area contributed by atoms with Crippen molar-refractivity contribution in [3.8, 4) is 0 Å². The molecule has 0 aromatic rings. The van der Waals surface area contributed by atoms with Crippen LogP contribution in [0, 0.1) is 0 Å². The van der Waals surface area contributed by atoms with Crippen molar-refractivity contribution in [3.63, 3.8) is 0 Å². The fraction of sp³-hybridized carbons (Fsp3) is 0.636. The Morgan fingerprint density at radius 1 is 1.17 bits per heavy atom. The van der Waals surface area contributed by atoms with E-state index in [4.69, 9.17) is 0 Å². The van der Waals surface area contributed by atoms with Gasteiger partial charge < -0.3 is 4.90 Å². The van der Waals surface area contributed by atoms with Gasteiger partial charge in [0.1, 0.15) is 0 Å². The molecule has 0 heterocycles. The van der Waals surface area contributed by atoms with Crippen LogP contribution in [0.4, 0.5) is 0 Å². The largest absolute Gasteiger partial charge is 0.376 e. The lowest BCUT2D eigenvalue weighted by atomic mass is 10.1. The Morgan fingerprint density at radius 2 is 1.75 bits per heavy atom. The minimum Gasteiger partial charge on any atom is -0.376 e. The lowest BCUT2D eigenvalue weighted by molar-refractivity contribution is 0.250. The van der Waals surface area contributed by atoms with E-state index in [9.17, 15) is 0 Å². The lowest BCUT2D eigenvalue weighted by Gasteiger charge is -2.30. The molecule has 0 fully saturated rings. The van der Waals surface area contributed by atoms with Crippen LogP contribution in [0.25, 0.3) is 0 Å². The molecular weight excluding hydrogens is 146 g/mol. The summed E-state index contributed by atoms with van der Waals surface area (Å²) in [6.07, 6.45) is 9.51. The second kappa shape index (κ2) is 5.02. The van der Waals surface area contributed by atoms with Crippen LogP contribution in [0.3, 0.4) is 0 Å². The Bertz CT molecular complexity index is 160. The van der Waals surface area contributed by atoms with E-state index in [0.29, 0.717) is 0 Å². The quantitative estimate of drug-likeness (QED) is 0.583. The van der Waals surface area contributed by atoms with Crippen LogP contribution in [-0.4, -0.2) is 17.5 Å². The topological polar surface area (TPSA) is 3.24 Å². The van der Waals surface area contributed by atoms with Gasteiger partial charge in [-0.25, -0.2) is 0 Å². The summed E-state index contributed by atoms with van der Waals surface area (Å²) >= 11 is 0. The molecule has 0 N–H and O–H groups in total. The first-order valence-corrected chi connectivity index (χ1v) is 4.54. The molecule has 12 heavy (non-hydrogen) atoms. The Balaban J connectivity index is 3.92. The molecule has 0 saturated heterocycles. The zero-order valence-corrected chi connectivity index (χ0v) is 8.96. The fourth-order valence-corrected chi connectivity index (χ4v) is 0.617. The van der Waals surface area contributed by atoms with E-state index >= 15 is 0 Å². The maximum Gasteiger partial charge on any atom is 0.0309 e. The molecule has 0 saturated carbocycles. The molecule has 1 nitrogen and oxygen atoms in total. The molecule has 0 aromatic heterocycles. The summed E-state index contributed by atoms with van der Waals surface area (Å²) in [6, 6.07) is 0. The van der Waals surface area contributed by atoms with E-state index < -0.39 is 0 Å². The molecule has 0 aliphatic heterocycles. The van der Waals surface area contributed by atoms with Crippen LogP contribution in [-0.2, 0) is 0 Å². The van der Waals surface area contributed by atoms with Crippen molar-refractivity contribution in [2.45, 2.75) is 39.7 Å². The van der Waals surface area contributed by atoms with Gasteiger partial charge in [0.05, 0.1) is 0 Å². The van der Waals surface area contributed by atoms with Crippen molar-refractivity contribution in [1.29, 1.82) is 0 Å². The molecule has 70 valence electrons. The van der Waals surface area contributed by atoms with Crippen molar-refractivity contribution in [2.24, 2.45) is 0 Å². The normalized spacial score (nSPS) is 13.1. The minimum absolute atomic E-state index is 0.219. The molecule has 0 unspecified atom stereocenters. The highest BCUT2D eigenvalue weighted by atomic mass is 15.1. The summed E-state index contributed by atoms with van der Waals surface area (Å²) in [5.74, 6) is 0. The summed E-state index contributed by atoms with van der Waals surface area (Å²) in [5, 5.41) is 0. The maximum absolute atomic E-state index is 2.20. The van der Waals surface area contributed by atoms with Gasteiger partial charge in [-0.3, -0.25) is 0 Å². The second-order valence-electron chi connectivity index (χ2n) is 3.96. The zero-order chi connectivity index (χ0) is 9.61. The van der Waals surface area contributed by atoms with E-state index in [0.717, 1.165) is 6.42 Å². The predicted octanol–water partition coefficient (Wildman–Crippen LogP) is 3.20. The number of rotatable bonds is 3. The van der Waals surface area contributed by atoms with Crippen LogP contribution in [0.15, 0.2) is 24.4 Å². The molecule has 1 heteroatoms. The van der Waals surface area contributed by atoms with Gasteiger partial charge in [0.15, 0.2) is 0 Å². The molecule has 0 atom stereocenters. The van der Waals surface area contributed by atoms with E-state index in [1.165, 1.54) is 0 Å².